The third kappa shape index (κ3) is 3.66. The van der Waals surface area contributed by atoms with E-state index < -0.39 is 23.5 Å². The van der Waals surface area contributed by atoms with Gasteiger partial charge in [-0.3, -0.25) is 0 Å². The summed E-state index contributed by atoms with van der Waals surface area (Å²) in [4.78, 5) is 0. The van der Waals surface area contributed by atoms with Crippen LogP contribution in [0.4, 0.5) is 13.2 Å². The Bertz CT molecular complexity index is 590. The molecule has 0 aliphatic rings. The van der Waals surface area contributed by atoms with Crippen LogP contribution in [0.25, 0.3) is 0 Å². The van der Waals surface area contributed by atoms with E-state index >= 15 is 0 Å². The summed E-state index contributed by atoms with van der Waals surface area (Å²) in [6.07, 6.45) is 0.0336. The van der Waals surface area contributed by atoms with Gasteiger partial charge in [-0.1, -0.05) is 35.0 Å². The Morgan fingerprint density at radius 2 is 1.57 bits per heavy atom. The van der Waals surface area contributed by atoms with Crippen LogP contribution >= 0.6 is 15.9 Å². The maximum atomic E-state index is 14.1. The highest BCUT2D eigenvalue weighted by Gasteiger charge is 2.21. The molecule has 1 N–H and O–H groups in total. The van der Waals surface area contributed by atoms with E-state index in [1.165, 1.54) is 24.3 Å². The van der Waals surface area contributed by atoms with Gasteiger partial charge in [0.1, 0.15) is 17.5 Å². The Morgan fingerprint density at radius 3 is 2.14 bits per heavy atom. The summed E-state index contributed by atoms with van der Waals surface area (Å²) in [5.74, 6) is -1.65. The quantitative estimate of drug-likeness (QED) is 0.813. The van der Waals surface area contributed by atoms with Crippen molar-refractivity contribution in [3.8, 4) is 0 Å². The van der Waals surface area contributed by atoms with Crippen molar-refractivity contribution < 1.29 is 13.2 Å². The maximum Gasteiger partial charge on any atom is 0.129 e. The summed E-state index contributed by atoms with van der Waals surface area (Å²) in [5.41, 5.74) is 0.334. The molecule has 0 aromatic heterocycles. The van der Waals surface area contributed by atoms with Crippen molar-refractivity contribution in [2.24, 2.45) is 0 Å². The van der Waals surface area contributed by atoms with Crippen LogP contribution in [0.5, 0.6) is 0 Å². The minimum atomic E-state index is -0.620. The molecule has 2 rings (SSSR count). The zero-order valence-corrected chi connectivity index (χ0v) is 13.1. The van der Waals surface area contributed by atoms with Gasteiger partial charge in [-0.15, -0.1) is 0 Å². The number of halogens is 4. The Morgan fingerprint density at radius 1 is 1.00 bits per heavy atom. The Balaban J connectivity index is 2.41. The van der Waals surface area contributed by atoms with E-state index in [1.807, 2.05) is 6.92 Å². The molecule has 21 heavy (non-hydrogen) atoms. The van der Waals surface area contributed by atoms with E-state index in [-0.39, 0.29) is 12.0 Å². The zero-order valence-electron chi connectivity index (χ0n) is 11.5. The summed E-state index contributed by atoms with van der Waals surface area (Å²) < 4.78 is 42.2. The third-order valence-corrected chi connectivity index (χ3v) is 3.96. The molecule has 1 atom stereocenters. The fourth-order valence-electron chi connectivity index (χ4n) is 2.30. The summed E-state index contributed by atoms with van der Waals surface area (Å²) >= 11 is 3.30. The normalized spacial score (nSPS) is 12.4. The molecule has 0 aliphatic carbocycles. The van der Waals surface area contributed by atoms with Gasteiger partial charge in [-0.05, 0) is 37.2 Å². The summed E-state index contributed by atoms with van der Waals surface area (Å²) in [5, 5.41) is 3.08. The minimum Gasteiger partial charge on any atom is -0.310 e. The van der Waals surface area contributed by atoms with E-state index in [9.17, 15) is 13.2 Å². The lowest BCUT2D eigenvalue weighted by molar-refractivity contribution is 0.479. The molecule has 2 aromatic carbocycles. The summed E-state index contributed by atoms with van der Waals surface area (Å²) in [6, 6.07) is 7.83. The molecule has 5 heteroatoms. The molecular formula is C16H15BrF3N. The van der Waals surface area contributed by atoms with Crippen molar-refractivity contribution in [1.29, 1.82) is 0 Å². The lowest BCUT2D eigenvalue weighted by Gasteiger charge is -2.21. The van der Waals surface area contributed by atoms with Crippen molar-refractivity contribution in [2.45, 2.75) is 19.4 Å². The van der Waals surface area contributed by atoms with Crippen LogP contribution in [0.15, 0.2) is 40.9 Å². The fraction of sp³-hybridized carbons (Fsp3) is 0.250. The van der Waals surface area contributed by atoms with Crippen LogP contribution in [0.2, 0.25) is 0 Å². The molecule has 0 heterocycles. The Labute approximate surface area is 130 Å². The van der Waals surface area contributed by atoms with Gasteiger partial charge in [0.25, 0.3) is 0 Å². The van der Waals surface area contributed by atoms with Crippen LogP contribution in [-0.4, -0.2) is 6.54 Å². The molecule has 0 bridgehead atoms. The van der Waals surface area contributed by atoms with E-state index in [0.717, 1.165) is 0 Å². The average molecular weight is 358 g/mol. The summed E-state index contributed by atoms with van der Waals surface area (Å²) in [7, 11) is 0. The van der Waals surface area contributed by atoms with Gasteiger partial charge in [0, 0.05) is 21.6 Å². The standard InChI is InChI=1S/C16H15BrF3N/c1-2-21-15(16-11(17)5-3-8-14(16)20)9-10-12(18)6-4-7-13(10)19/h3-8,15,21H,2,9H2,1H3. The third-order valence-electron chi connectivity index (χ3n) is 3.27. The largest absolute Gasteiger partial charge is 0.310 e. The minimum absolute atomic E-state index is 0.0336. The van der Waals surface area contributed by atoms with Crippen molar-refractivity contribution in [3.63, 3.8) is 0 Å². The fourth-order valence-corrected chi connectivity index (χ4v) is 2.92. The molecule has 2 aromatic rings. The van der Waals surface area contributed by atoms with Gasteiger partial charge in [0.15, 0.2) is 0 Å². The van der Waals surface area contributed by atoms with Crippen molar-refractivity contribution >= 4 is 15.9 Å². The van der Waals surface area contributed by atoms with Crippen LogP contribution in [0.1, 0.15) is 24.1 Å². The summed E-state index contributed by atoms with van der Waals surface area (Å²) in [6.45, 7) is 2.42. The van der Waals surface area contributed by atoms with Gasteiger partial charge >= 0.3 is 0 Å². The first-order valence-corrected chi connectivity index (χ1v) is 7.44. The predicted octanol–water partition coefficient (Wildman–Crippen LogP) is 4.76. The predicted molar refractivity (Wildman–Crippen MR) is 80.6 cm³/mol. The number of hydrogen-bond acceptors (Lipinski definition) is 1. The molecule has 0 saturated heterocycles. The first-order valence-electron chi connectivity index (χ1n) is 6.64. The van der Waals surface area contributed by atoms with Crippen LogP contribution in [0.3, 0.4) is 0 Å². The number of likely N-dealkylation sites (N-methyl/N-ethyl adjacent to an activating group) is 1. The second kappa shape index (κ2) is 7.09. The van der Waals surface area contributed by atoms with Crippen LogP contribution in [0, 0.1) is 17.5 Å². The second-order valence-electron chi connectivity index (χ2n) is 4.65. The Kier molecular flexibility index (Phi) is 5.42. The van der Waals surface area contributed by atoms with E-state index in [0.29, 0.717) is 16.6 Å². The van der Waals surface area contributed by atoms with Crippen LogP contribution < -0.4 is 5.32 Å². The molecule has 1 unspecified atom stereocenters. The lowest BCUT2D eigenvalue weighted by atomic mass is 9.97. The molecule has 112 valence electrons. The monoisotopic (exact) mass is 357 g/mol. The maximum absolute atomic E-state index is 14.1. The van der Waals surface area contributed by atoms with Gasteiger partial charge in [-0.2, -0.15) is 0 Å². The lowest BCUT2D eigenvalue weighted by Crippen LogP contribution is -2.25. The van der Waals surface area contributed by atoms with Crippen molar-refractivity contribution in [2.75, 3.05) is 6.54 Å². The second-order valence-corrected chi connectivity index (χ2v) is 5.50. The number of hydrogen-bond donors (Lipinski definition) is 1. The molecule has 0 fully saturated rings. The topological polar surface area (TPSA) is 12.0 Å². The number of rotatable bonds is 5. The van der Waals surface area contributed by atoms with E-state index in [2.05, 4.69) is 21.2 Å². The number of nitrogens with one attached hydrogen (secondary N) is 1. The highest BCUT2D eigenvalue weighted by atomic mass is 79.9. The van der Waals surface area contributed by atoms with Crippen molar-refractivity contribution in [3.05, 3.63) is 69.4 Å². The molecule has 1 nitrogen and oxygen atoms in total. The first-order chi connectivity index (χ1) is 10.0. The Hall–Kier alpha value is -1.33. The molecule has 0 radical (unpaired) electrons. The molecular weight excluding hydrogens is 343 g/mol. The van der Waals surface area contributed by atoms with Gasteiger partial charge < -0.3 is 5.32 Å². The van der Waals surface area contributed by atoms with E-state index in [4.69, 9.17) is 0 Å². The molecule has 0 spiro atoms. The van der Waals surface area contributed by atoms with Gasteiger partial charge in [0.05, 0.1) is 0 Å². The first kappa shape index (κ1) is 16.0. The highest BCUT2D eigenvalue weighted by molar-refractivity contribution is 9.10. The molecule has 0 amide bonds. The smallest absolute Gasteiger partial charge is 0.129 e. The van der Waals surface area contributed by atoms with Gasteiger partial charge in [-0.25, -0.2) is 13.2 Å². The number of benzene rings is 2. The molecule has 0 saturated carbocycles. The zero-order chi connectivity index (χ0) is 15.4. The average Bonchev–Trinajstić information content (AvgIpc) is 2.42. The van der Waals surface area contributed by atoms with Crippen molar-refractivity contribution in [1.82, 2.24) is 5.32 Å². The molecule has 0 aliphatic heterocycles. The van der Waals surface area contributed by atoms with Crippen LogP contribution in [-0.2, 0) is 6.42 Å². The highest BCUT2D eigenvalue weighted by Crippen LogP contribution is 2.30. The van der Waals surface area contributed by atoms with E-state index in [1.54, 1.807) is 12.1 Å². The van der Waals surface area contributed by atoms with Gasteiger partial charge in [0.2, 0.25) is 0 Å². The SMILES string of the molecule is CCNC(Cc1c(F)cccc1F)c1c(F)cccc1Br.